The van der Waals surface area contributed by atoms with Gasteiger partial charge in [-0.15, -0.1) is 0 Å². The lowest BCUT2D eigenvalue weighted by atomic mass is 10.1. The number of aryl methyl sites for hydroxylation is 1. The van der Waals surface area contributed by atoms with Crippen LogP contribution in [0.2, 0.25) is 0 Å². The third-order valence-electron chi connectivity index (χ3n) is 5.42. The Morgan fingerprint density at radius 1 is 1.08 bits per heavy atom. The van der Waals surface area contributed by atoms with Gasteiger partial charge in [-0.3, -0.25) is 0 Å². The van der Waals surface area contributed by atoms with Crippen LogP contribution in [0.4, 0.5) is 17.2 Å². The standard InChI is InChI=1S/C25H27N5O3S.C2H6/c1-17(28-23-18(2)26-16-27-24(23)30-11-13-33-14-12-30)19-7-9-21(10-8-19)29-34-22-6-4-5-20(15-22)25(31)32-3;1-2/h4-10,15-16,29H,11-14H2,1-3H3;1-2H3. The molecule has 8 nitrogen and oxygen atoms in total. The van der Waals surface area contributed by atoms with Crippen LogP contribution in [0.3, 0.4) is 0 Å². The van der Waals surface area contributed by atoms with Crippen molar-refractivity contribution in [3.8, 4) is 0 Å². The fourth-order valence-electron chi connectivity index (χ4n) is 3.53. The zero-order chi connectivity index (χ0) is 25.9. The number of hydrogen-bond donors (Lipinski definition) is 1. The predicted octanol–water partition coefficient (Wildman–Crippen LogP) is 5.69. The average molecular weight is 508 g/mol. The zero-order valence-electron chi connectivity index (χ0n) is 21.4. The maximum atomic E-state index is 11.7. The van der Waals surface area contributed by atoms with Gasteiger partial charge in [-0.05, 0) is 61.7 Å². The van der Waals surface area contributed by atoms with E-state index in [1.165, 1.54) is 19.1 Å². The number of ether oxygens (including phenoxy) is 2. The molecule has 0 amide bonds. The summed E-state index contributed by atoms with van der Waals surface area (Å²) >= 11 is 1.43. The molecule has 0 atom stereocenters. The Labute approximate surface area is 217 Å². The van der Waals surface area contributed by atoms with Gasteiger partial charge in [-0.1, -0.05) is 32.0 Å². The minimum Gasteiger partial charge on any atom is -0.465 e. The number of carbonyl (C=O) groups excluding carboxylic acids is 1. The molecular weight excluding hydrogens is 474 g/mol. The fraction of sp³-hybridized carbons (Fsp3) is 0.333. The van der Waals surface area contributed by atoms with Gasteiger partial charge in [0, 0.05) is 29.4 Å². The molecule has 36 heavy (non-hydrogen) atoms. The summed E-state index contributed by atoms with van der Waals surface area (Å²) in [7, 11) is 1.38. The Bertz CT molecular complexity index is 1180. The second-order valence-corrected chi connectivity index (χ2v) is 8.61. The van der Waals surface area contributed by atoms with E-state index >= 15 is 0 Å². The van der Waals surface area contributed by atoms with Crippen molar-refractivity contribution in [2.45, 2.75) is 32.6 Å². The van der Waals surface area contributed by atoms with Crippen LogP contribution < -0.4 is 9.62 Å². The smallest absolute Gasteiger partial charge is 0.337 e. The molecule has 0 unspecified atom stereocenters. The van der Waals surface area contributed by atoms with E-state index in [2.05, 4.69) is 19.6 Å². The first kappa shape index (κ1) is 27.2. The highest BCUT2D eigenvalue weighted by Gasteiger charge is 2.18. The van der Waals surface area contributed by atoms with Crippen molar-refractivity contribution in [2.24, 2.45) is 4.99 Å². The second-order valence-electron chi connectivity index (χ2n) is 7.73. The molecule has 3 aromatic rings. The molecule has 0 saturated carbocycles. The molecule has 4 rings (SSSR count). The summed E-state index contributed by atoms with van der Waals surface area (Å²) in [6.07, 6.45) is 1.59. The van der Waals surface area contributed by atoms with E-state index in [1.54, 1.807) is 18.5 Å². The number of hydrogen-bond acceptors (Lipinski definition) is 9. The van der Waals surface area contributed by atoms with Crippen LogP contribution in [-0.2, 0) is 9.47 Å². The van der Waals surface area contributed by atoms with E-state index in [0.29, 0.717) is 18.8 Å². The summed E-state index contributed by atoms with van der Waals surface area (Å²) in [6, 6.07) is 15.4. The predicted molar refractivity (Wildman–Crippen MR) is 147 cm³/mol. The Kier molecular flexibility index (Phi) is 10.3. The maximum Gasteiger partial charge on any atom is 0.337 e. The first-order valence-electron chi connectivity index (χ1n) is 12.0. The summed E-state index contributed by atoms with van der Waals surface area (Å²) in [6.45, 7) is 10.9. The van der Waals surface area contributed by atoms with Crippen molar-refractivity contribution >= 4 is 40.8 Å². The molecule has 1 fully saturated rings. The number of rotatable bonds is 7. The van der Waals surface area contributed by atoms with Gasteiger partial charge in [0.05, 0.1) is 31.6 Å². The van der Waals surface area contributed by atoms with E-state index in [4.69, 9.17) is 14.5 Å². The summed E-state index contributed by atoms with van der Waals surface area (Å²) in [5, 5.41) is 0. The number of morpholine rings is 1. The normalized spacial score (nSPS) is 13.5. The fourth-order valence-corrected chi connectivity index (χ4v) is 4.23. The number of benzene rings is 2. The minimum absolute atomic E-state index is 0.350. The first-order valence-corrected chi connectivity index (χ1v) is 12.8. The summed E-state index contributed by atoms with van der Waals surface area (Å²) < 4.78 is 13.6. The minimum atomic E-state index is -0.350. The molecule has 1 saturated heterocycles. The SMILES string of the molecule is CC.COC(=O)c1cccc(SNc2ccc(C(C)=Nc3c(C)ncnc3N3CCOCC3)cc2)c1. The molecule has 0 radical (unpaired) electrons. The van der Waals surface area contributed by atoms with Crippen LogP contribution >= 0.6 is 11.9 Å². The number of carbonyl (C=O) groups is 1. The van der Waals surface area contributed by atoms with E-state index in [0.717, 1.165) is 52.1 Å². The first-order chi connectivity index (χ1) is 17.5. The van der Waals surface area contributed by atoms with Gasteiger partial charge in [0.1, 0.15) is 12.0 Å². The van der Waals surface area contributed by atoms with Crippen molar-refractivity contribution in [3.63, 3.8) is 0 Å². The number of nitrogens with one attached hydrogen (secondary N) is 1. The Hall–Kier alpha value is -3.43. The molecule has 1 N–H and O–H groups in total. The largest absolute Gasteiger partial charge is 0.465 e. The number of methoxy groups -OCH3 is 1. The third-order valence-corrected chi connectivity index (χ3v) is 6.25. The quantitative estimate of drug-likeness (QED) is 0.248. The Morgan fingerprint density at radius 2 is 1.81 bits per heavy atom. The highest BCUT2D eigenvalue weighted by molar-refractivity contribution is 8.00. The van der Waals surface area contributed by atoms with Crippen LogP contribution in [0.1, 0.15) is 42.4 Å². The molecule has 190 valence electrons. The Balaban J connectivity index is 0.00000176. The van der Waals surface area contributed by atoms with Crippen LogP contribution in [-0.4, -0.2) is 55.1 Å². The number of esters is 1. The molecule has 1 aromatic heterocycles. The highest BCUT2D eigenvalue weighted by atomic mass is 32.2. The van der Waals surface area contributed by atoms with Gasteiger partial charge < -0.3 is 19.1 Å². The van der Waals surface area contributed by atoms with Gasteiger partial charge in [-0.25, -0.2) is 19.8 Å². The highest BCUT2D eigenvalue weighted by Crippen LogP contribution is 2.30. The van der Waals surface area contributed by atoms with Crippen molar-refractivity contribution in [3.05, 3.63) is 71.7 Å². The molecule has 0 aliphatic carbocycles. The molecule has 0 spiro atoms. The van der Waals surface area contributed by atoms with Crippen molar-refractivity contribution in [1.29, 1.82) is 0 Å². The molecule has 2 heterocycles. The molecular formula is C27H33N5O3S. The summed E-state index contributed by atoms with van der Waals surface area (Å²) in [5.74, 6) is 0.497. The van der Waals surface area contributed by atoms with Crippen molar-refractivity contribution in [2.75, 3.05) is 43.0 Å². The van der Waals surface area contributed by atoms with E-state index < -0.39 is 0 Å². The third kappa shape index (κ3) is 7.05. The van der Waals surface area contributed by atoms with Crippen LogP contribution in [0.5, 0.6) is 0 Å². The van der Waals surface area contributed by atoms with Gasteiger partial charge in [0.2, 0.25) is 0 Å². The van der Waals surface area contributed by atoms with Gasteiger partial charge in [-0.2, -0.15) is 0 Å². The molecule has 0 bridgehead atoms. The molecule has 2 aromatic carbocycles. The number of anilines is 2. The molecule has 1 aliphatic rings. The van der Waals surface area contributed by atoms with Crippen LogP contribution in [0, 0.1) is 6.92 Å². The van der Waals surface area contributed by atoms with E-state index in [-0.39, 0.29) is 5.97 Å². The number of aromatic nitrogens is 2. The lowest BCUT2D eigenvalue weighted by Crippen LogP contribution is -2.37. The average Bonchev–Trinajstić information content (AvgIpc) is 2.94. The van der Waals surface area contributed by atoms with Gasteiger partial charge >= 0.3 is 5.97 Å². The topological polar surface area (TPSA) is 88.9 Å². The number of nitrogens with zero attached hydrogens (tertiary/aromatic N) is 4. The second kappa shape index (κ2) is 13.6. The van der Waals surface area contributed by atoms with Crippen LogP contribution in [0.25, 0.3) is 0 Å². The van der Waals surface area contributed by atoms with E-state index in [9.17, 15) is 4.79 Å². The monoisotopic (exact) mass is 507 g/mol. The lowest BCUT2D eigenvalue weighted by molar-refractivity contribution is 0.0600. The summed E-state index contributed by atoms with van der Waals surface area (Å²) in [5.41, 5.74) is 5.01. The lowest BCUT2D eigenvalue weighted by Gasteiger charge is -2.28. The maximum absolute atomic E-state index is 11.7. The Morgan fingerprint density at radius 3 is 2.50 bits per heavy atom. The van der Waals surface area contributed by atoms with E-state index in [1.807, 2.05) is 64.1 Å². The molecule has 1 aliphatic heterocycles. The summed E-state index contributed by atoms with van der Waals surface area (Å²) in [4.78, 5) is 28.6. The van der Waals surface area contributed by atoms with Crippen molar-refractivity contribution in [1.82, 2.24) is 9.97 Å². The molecule has 9 heteroatoms. The number of aliphatic imine (C=N–C) groups is 1. The van der Waals surface area contributed by atoms with Gasteiger partial charge in [0.25, 0.3) is 0 Å². The van der Waals surface area contributed by atoms with Crippen molar-refractivity contribution < 1.29 is 14.3 Å². The van der Waals surface area contributed by atoms with Crippen LogP contribution in [0.15, 0.2) is 64.7 Å². The van der Waals surface area contributed by atoms with Gasteiger partial charge in [0.15, 0.2) is 5.82 Å². The zero-order valence-corrected chi connectivity index (χ0v) is 22.3.